The molecule has 148 valence electrons. The summed E-state index contributed by atoms with van der Waals surface area (Å²) in [6, 6.07) is 14.8. The van der Waals surface area contributed by atoms with Crippen molar-refractivity contribution in [2.45, 2.75) is 4.90 Å². The number of nitro benzene ring substituents is 1. The fourth-order valence-electron chi connectivity index (χ4n) is 2.30. The molecule has 0 bridgehead atoms. The molecule has 3 aromatic rings. The van der Waals surface area contributed by atoms with Crippen molar-refractivity contribution < 1.29 is 13.3 Å². The second-order valence-electron chi connectivity index (χ2n) is 5.65. The molecule has 2 N–H and O–H groups in total. The summed E-state index contributed by atoms with van der Waals surface area (Å²) in [4.78, 5) is 14.1. The Kier molecular flexibility index (Phi) is 6.05. The molecule has 0 spiro atoms. The first kappa shape index (κ1) is 20.2. The predicted octanol–water partition coefficient (Wildman–Crippen LogP) is 3.89. The van der Waals surface area contributed by atoms with Crippen molar-refractivity contribution in [2.24, 2.45) is 5.10 Å². The van der Waals surface area contributed by atoms with E-state index in [2.05, 4.69) is 20.2 Å². The number of nitro groups is 1. The molecule has 1 heterocycles. The third-order valence-corrected chi connectivity index (χ3v) is 5.39. The van der Waals surface area contributed by atoms with Crippen molar-refractivity contribution in [3.05, 3.63) is 87.7 Å². The van der Waals surface area contributed by atoms with Crippen LogP contribution in [0.2, 0.25) is 5.02 Å². The van der Waals surface area contributed by atoms with Gasteiger partial charge >= 0.3 is 0 Å². The molecule has 0 amide bonds. The van der Waals surface area contributed by atoms with Crippen LogP contribution in [0.15, 0.2) is 76.9 Å². The van der Waals surface area contributed by atoms with Gasteiger partial charge in [0.25, 0.3) is 15.7 Å². The molecule has 0 aliphatic rings. The first-order chi connectivity index (χ1) is 13.9. The Balaban J connectivity index is 1.96. The van der Waals surface area contributed by atoms with Crippen LogP contribution in [0.5, 0.6) is 0 Å². The number of aromatic nitrogens is 1. The van der Waals surface area contributed by atoms with Crippen LogP contribution < -0.4 is 10.1 Å². The summed E-state index contributed by atoms with van der Waals surface area (Å²) in [5.41, 5.74) is 2.93. The van der Waals surface area contributed by atoms with Gasteiger partial charge in [-0.2, -0.15) is 5.10 Å². The highest BCUT2D eigenvalue weighted by Gasteiger charge is 2.23. The maximum atomic E-state index is 12.9. The lowest BCUT2D eigenvalue weighted by Gasteiger charge is -2.12. The molecule has 0 saturated heterocycles. The van der Waals surface area contributed by atoms with E-state index >= 15 is 0 Å². The summed E-state index contributed by atoms with van der Waals surface area (Å²) in [6.07, 6.45) is 2.97. The molecule has 9 nitrogen and oxygen atoms in total. The van der Waals surface area contributed by atoms with Gasteiger partial charge in [-0.3, -0.25) is 25.2 Å². The molecule has 0 unspecified atom stereocenters. The van der Waals surface area contributed by atoms with Gasteiger partial charge < -0.3 is 0 Å². The SMILES string of the molecule is O=[N+]([O-])c1ccc(N/N=C/c2ccccn2)c(S(=O)(=O)Nc2ccccc2Cl)c1. The molecule has 0 aliphatic heterocycles. The summed E-state index contributed by atoms with van der Waals surface area (Å²) in [5, 5.41) is 15.3. The Labute approximate surface area is 171 Å². The maximum absolute atomic E-state index is 12.9. The minimum atomic E-state index is -4.21. The fraction of sp³-hybridized carbons (Fsp3) is 0. The van der Waals surface area contributed by atoms with Crippen molar-refractivity contribution in [3.8, 4) is 0 Å². The van der Waals surface area contributed by atoms with E-state index < -0.39 is 14.9 Å². The number of hydrogen-bond acceptors (Lipinski definition) is 7. The summed E-state index contributed by atoms with van der Waals surface area (Å²) in [7, 11) is -4.21. The lowest BCUT2D eigenvalue weighted by Crippen LogP contribution is -2.15. The fourth-order valence-corrected chi connectivity index (χ4v) is 3.80. The van der Waals surface area contributed by atoms with E-state index in [1.807, 2.05) is 0 Å². The van der Waals surface area contributed by atoms with Crippen molar-refractivity contribution in [2.75, 3.05) is 10.1 Å². The lowest BCUT2D eigenvalue weighted by molar-refractivity contribution is -0.385. The van der Waals surface area contributed by atoms with Crippen molar-refractivity contribution >= 4 is 44.9 Å². The number of non-ortho nitro benzene ring substituents is 1. The van der Waals surface area contributed by atoms with Crippen LogP contribution in [0.4, 0.5) is 17.1 Å². The molecule has 2 aromatic carbocycles. The van der Waals surface area contributed by atoms with Gasteiger partial charge in [-0.1, -0.05) is 29.8 Å². The third kappa shape index (κ3) is 5.06. The zero-order valence-electron chi connectivity index (χ0n) is 14.7. The summed E-state index contributed by atoms with van der Waals surface area (Å²) in [5.74, 6) is 0. The van der Waals surface area contributed by atoms with Gasteiger partial charge in [0.05, 0.1) is 33.2 Å². The number of pyridine rings is 1. The minimum absolute atomic E-state index is 0.0438. The summed E-state index contributed by atoms with van der Waals surface area (Å²) < 4.78 is 28.1. The average Bonchev–Trinajstić information content (AvgIpc) is 2.70. The van der Waals surface area contributed by atoms with Crippen LogP contribution in [0, 0.1) is 10.1 Å². The van der Waals surface area contributed by atoms with E-state index in [0.717, 1.165) is 6.07 Å². The minimum Gasteiger partial charge on any atom is -0.278 e. The normalized spacial score (nSPS) is 11.3. The van der Waals surface area contributed by atoms with Crippen LogP contribution in [-0.2, 0) is 10.0 Å². The Bertz CT molecular complexity index is 1170. The molecular formula is C18H14ClN5O4S. The second kappa shape index (κ2) is 8.67. The number of anilines is 2. The van der Waals surface area contributed by atoms with Gasteiger partial charge in [0.1, 0.15) is 4.90 Å². The smallest absolute Gasteiger partial charge is 0.270 e. The van der Waals surface area contributed by atoms with E-state index in [9.17, 15) is 18.5 Å². The Morgan fingerprint density at radius 3 is 2.52 bits per heavy atom. The zero-order valence-corrected chi connectivity index (χ0v) is 16.3. The van der Waals surface area contributed by atoms with E-state index in [0.29, 0.717) is 5.69 Å². The standard InChI is InChI=1S/C18H14ClN5O4S/c19-15-6-1-2-7-16(15)23-29(27,28)18-11-14(24(25)26)8-9-17(18)22-21-12-13-5-3-4-10-20-13/h1-12,22-23H/b21-12+. The van der Waals surface area contributed by atoms with Crippen LogP contribution >= 0.6 is 11.6 Å². The van der Waals surface area contributed by atoms with E-state index in [4.69, 9.17) is 11.6 Å². The number of para-hydroxylation sites is 1. The van der Waals surface area contributed by atoms with Gasteiger partial charge in [-0.25, -0.2) is 8.42 Å². The van der Waals surface area contributed by atoms with Crippen LogP contribution in [0.1, 0.15) is 5.69 Å². The number of hydrazone groups is 1. The topological polar surface area (TPSA) is 127 Å². The van der Waals surface area contributed by atoms with Gasteiger partial charge in [-0.15, -0.1) is 0 Å². The zero-order chi connectivity index (χ0) is 20.9. The summed E-state index contributed by atoms with van der Waals surface area (Å²) >= 11 is 6.01. The quantitative estimate of drug-likeness (QED) is 0.332. The molecule has 0 fully saturated rings. The lowest BCUT2D eigenvalue weighted by atomic mass is 10.3. The van der Waals surface area contributed by atoms with Crippen molar-refractivity contribution in [3.63, 3.8) is 0 Å². The van der Waals surface area contributed by atoms with Gasteiger partial charge in [0, 0.05) is 18.3 Å². The number of benzene rings is 2. The number of rotatable bonds is 7. The largest absolute Gasteiger partial charge is 0.278 e. The molecule has 1 aromatic heterocycles. The van der Waals surface area contributed by atoms with E-state index in [1.165, 1.54) is 30.5 Å². The molecule has 0 radical (unpaired) electrons. The van der Waals surface area contributed by atoms with Crippen LogP contribution in [-0.4, -0.2) is 24.5 Å². The number of nitrogens with one attached hydrogen (secondary N) is 2. The molecule has 0 saturated carbocycles. The van der Waals surface area contributed by atoms with Gasteiger partial charge in [0.15, 0.2) is 0 Å². The highest BCUT2D eigenvalue weighted by Crippen LogP contribution is 2.30. The third-order valence-electron chi connectivity index (χ3n) is 3.65. The van der Waals surface area contributed by atoms with E-state index in [1.54, 1.807) is 36.5 Å². The molecular weight excluding hydrogens is 418 g/mol. The monoisotopic (exact) mass is 431 g/mol. The first-order valence-corrected chi connectivity index (χ1v) is 9.99. The van der Waals surface area contributed by atoms with Crippen LogP contribution in [0.25, 0.3) is 0 Å². The molecule has 11 heteroatoms. The van der Waals surface area contributed by atoms with Gasteiger partial charge in [0.2, 0.25) is 0 Å². The Morgan fingerprint density at radius 2 is 1.83 bits per heavy atom. The first-order valence-electron chi connectivity index (χ1n) is 8.13. The van der Waals surface area contributed by atoms with Crippen LogP contribution in [0.3, 0.4) is 0 Å². The number of hydrogen-bond donors (Lipinski definition) is 2. The maximum Gasteiger partial charge on any atom is 0.270 e. The highest BCUT2D eigenvalue weighted by molar-refractivity contribution is 7.93. The number of sulfonamides is 1. The predicted molar refractivity (Wildman–Crippen MR) is 111 cm³/mol. The summed E-state index contributed by atoms with van der Waals surface area (Å²) in [6.45, 7) is 0. The average molecular weight is 432 g/mol. The molecule has 0 atom stereocenters. The van der Waals surface area contributed by atoms with Crippen molar-refractivity contribution in [1.29, 1.82) is 0 Å². The molecule has 3 rings (SSSR count). The second-order valence-corrected chi connectivity index (χ2v) is 7.71. The number of halogens is 1. The Hall–Kier alpha value is -3.50. The van der Waals surface area contributed by atoms with Gasteiger partial charge in [-0.05, 0) is 30.3 Å². The highest BCUT2D eigenvalue weighted by atomic mass is 35.5. The molecule has 29 heavy (non-hydrogen) atoms. The van der Waals surface area contributed by atoms with Crippen molar-refractivity contribution in [1.82, 2.24) is 4.98 Å². The molecule has 0 aliphatic carbocycles. The number of nitrogens with zero attached hydrogens (tertiary/aromatic N) is 3. The Morgan fingerprint density at radius 1 is 1.07 bits per heavy atom. The van der Waals surface area contributed by atoms with E-state index in [-0.39, 0.29) is 27.0 Å².